The van der Waals surface area contributed by atoms with E-state index in [0.29, 0.717) is 6.54 Å². The van der Waals surface area contributed by atoms with Crippen LogP contribution in [0.15, 0.2) is 23.1 Å². The first kappa shape index (κ1) is 16.0. The van der Waals surface area contributed by atoms with Crippen molar-refractivity contribution in [2.75, 3.05) is 20.6 Å². The average Bonchev–Trinajstić information content (AvgIpc) is 2.26. The van der Waals surface area contributed by atoms with Gasteiger partial charge in [-0.05, 0) is 33.2 Å². The highest BCUT2D eigenvalue weighted by atomic mass is 32.2. The molecule has 1 rings (SSSR count). The number of halogens is 1. The molecular weight excluding hydrogens is 269 g/mol. The normalized spacial score (nSPS) is 13.8. The summed E-state index contributed by atoms with van der Waals surface area (Å²) in [5, 5.41) is 0. The summed E-state index contributed by atoms with van der Waals surface area (Å²) in [6, 6.07) is 3.63. The Morgan fingerprint density at radius 2 is 2.05 bits per heavy atom. The SMILES string of the molecule is CC(CN(C)C)NS(=O)(=O)c1cccc(F)c1CN. The van der Waals surface area contributed by atoms with Gasteiger partial charge in [0, 0.05) is 24.7 Å². The van der Waals surface area contributed by atoms with Gasteiger partial charge in [0.15, 0.2) is 0 Å². The number of benzene rings is 1. The van der Waals surface area contributed by atoms with E-state index in [4.69, 9.17) is 5.73 Å². The second kappa shape index (κ2) is 6.42. The Balaban J connectivity index is 3.04. The van der Waals surface area contributed by atoms with Gasteiger partial charge in [0.1, 0.15) is 5.82 Å². The van der Waals surface area contributed by atoms with Crippen molar-refractivity contribution in [3.8, 4) is 0 Å². The minimum Gasteiger partial charge on any atom is -0.326 e. The number of rotatable bonds is 6. The maximum Gasteiger partial charge on any atom is 0.241 e. The molecule has 0 amide bonds. The fourth-order valence-electron chi connectivity index (χ4n) is 1.90. The van der Waals surface area contributed by atoms with Crippen LogP contribution in [-0.4, -0.2) is 40.0 Å². The molecule has 0 bridgehead atoms. The van der Waals surface area contributed by atoms with Gasteiger partial charge < -0.3 is 10.6 Å². The lowest BCUT2D eigenvalue weighted by Crippen LogP contribution is -2.39. The molecule has 1 unspecified atom stereocenters. The van der Waals surface area contributed by atoms with Gasteiger partial charge in [-0.25, -0.2) is 17.5 Å². The molecule has 1 aromatic rings. The topological polar surface area (TPSA) is 75.4 Å². The van der Waals surface area contributed by atoms with Gasteiger partial charge in [0.25, 0.3) is 0 Å². The number of nitrogens with one attached hydrogen (secondary N) is 1. The van der Waals surface area contributed by atoms with Crippen molar-refractivity contribution in [1.29, 1.82) is 0 Å². The lowest BCUT2D eigenvalue weighted by Gasteiger charge is -2.19. The fraction of sp³-hybridized carbons (Fsp3) is 0.500. The Labute approximate surface area is 113 Å². The minimum absolute atomic E-state index is 0.00653. The van der Waals surface area contributed by atoms with E-state index >= 15 is 0 Å². The zero-order valence-corrected chi connectivity index (χ0v) is 12.2. The van der Waals surface area contributed by atoms with Gasteiger partial charge in [-0.2, -0.15) is 0 Å². The smallest absolute Gasteiger partial charge is 0.241 e. The van der Waals surface area contributed by atoms with Crippen LogP contribution in [0.5, 0.6) is 0 Å². The summed E-state index contributed by atoms with van der Waals surface area (Å²) in [6.45, 7) is 2.14. The predicted molar refractivity (Wildman–Crippen MR) is 72.6 cm³/mol. The van der Waals surface area contributed by atoms with E-state index in [1.54, 1.807) is 6.92 Å². The first-order chi connectivity index (χ1) is 8.77. The Hall–Kier alpha value is -1.02. The van der Waals surface area contributed by atoms with Crippen LogP contribution in [0.2, 0.25) is 0 Å². The third-order valence-electron chi connectivity index (χ3n) is 2.56. The summed E-state index contributed by atoms with van der Waals surface area (Å²) >= 11 is 0. The van der Waals surface area contributed by atoms with Gasteiger partial charge in [-0.1, -0.05) is 6.07 Å². The molecule has 0 aliphatic rings. The Morgan fingerprint density at radius 1 is 1.42 bits per heavy atom. The first-order valence-electron chi connectivity index (χ1n) is 5.92. The maximum atomic E-state index is 13.5. The van der Waals surface area contributed by atoms with Crippen molar-refractivity contribution in [1.82, 2.24) is 9.62 Å². The number of hydrogen-bond donors (Lipinski definition) is 2. The molecule has 3 N–H and O–H groups in total. The summed E-state index contributed by atoms with van der Waals surface area (Å²) in [7, 11) is -0.0760. The number of sulfonamides is 1. The van der Waals surface area contributed by atoms with E-state index in [0.717, 1.165) is 0 Å². The lowest BCUT2D eigenvalue weighted by atomic mass is 10.2. The highest BCUT2D eigenvalue weighted by molar-refractivity contribution is 7.89. The van der Waals surface area contributed by atoms with Gasteiger partial charge in [-0.15, -0.1) is 0 Å². The molecule has 0 heterocycles. The molecule has 7 heteroatoms. The zero-order chi connectivity index (χ0) is 14.6. The molecule has 0 aromatic heterocycles. The van der Waals surface area contributed by atoms with Crippen LogP contribution in [0.1, 0.15) is 12.5 Å². The zero-order valence-electron chi connectivity index (χ0n) is 11.4. The average molecular weight is 289 g/mol. The van der Waals surface area contributed by atoms with Gasteiger partial charge >= 0.3 is 0 Å². The molecular formula is C12H20FN3O2S. The highest BCUT2D eigenvalue weighted by Gasteiger charge is 2.22. The van der Waals surface area contributed by atoms with Crippen molar-refractivity contribution >= 4 is 10.0 Å². The Kier molecular flexibility index (Phi) is 5.42. The second-order valence-corrected chi connectivity index (χ2v) is 6.39. The second-order valence-electron chi connectivity index (χ2n) is 4.71. The van der Waals surface area contributed by atoms with Crippen molar-refractivity contribution in [3.05, 3.63) is 29.6 Å². The molecule has 0 aliphatic heterocycles. The predicted octanol–water partition coefficient (Wildman–Crippen LogP) is 0.513. The van der Waals surface area contributed by atoms with Crippen molar-refractivity contribution < 1.29 is 12.8 Å². The van der Waals surface area contributed by atoms with E-state index in [2.05, 4.69) is 4.72 Å². The monoisotopic (exact) mass is 289 g/mol. The third-order valence-corrected chi connectivity index (χ3v) is 4.24. The molecule has 0 radical (unpaired) electrons. The molecule has 0 saturated heterocycles. The summed E-state index contributed by atoms with van der Waals surface area (Å²) in [4.78, 5) is 1.77. The van der Waals surface area contributed by atoms with Crippen LogP contribution in [-0.2, 0) is 16.6 Å². The minimum atomic E-state index is -3.77. The molecule has 108 valence electrons. The molecule has 0 saturated carbocycles. The summed E-state index contributed by atoms with van der Waals surface area (Å²) in [5.74, 6) is -0.606. The van der Waals surface area contributed by atoms with Crippen molar-refractivity contribution in [2.24, 2.45) is 5.73 Å². The van der Waals surface area contributed by atoms with E-state index < -0.39 is 15.8 Å². The van der Waals surface area contributed by atoms with Crippen molar-refractivity contribution in [3.63, 3.8) is 0 Å². The van der Waals surface area contributed by atoms with Gasteiger partial charge in [-0.3, -0.25) is 0 Å². The van der Waals surface area contributed by atoms with Gasteiger partial charge in [0.2, 0.25) is 10.0 Å². The summed E-state index contributed by atoms with van der Waals surface area (Å²) in [5.41, 5.74) is 5.43. The van der Waals surface area contributed by atoms with Crippen LogP contribution in [0.25, 0.3) is 0 Å². The van der Waals surface area contributed by atoms with E-state index in [9.17, 15) is 12.8 Å². The van der Waals surface area contributed by atoms with Crippen molar-refractivity contribution in [2.45, 2.75) is 24.4 Å². The van der Waals surface area contributed by atoms with Crippen LogP contribution in [0.4, 0.5) is 4.39 Å². The van der Waals surface area contributed by atoms with Crippen LogP contribution in [0.3, 0.4) is 0 Å². The molecule has 5 nitrogen and oxygen atoms in total. The molecule has 0 spiro atoms. The summed E-state index contributed by atoms with van der Waals surface area (Å²) in [6.07, 6.45) is 0. The molecule has 0 fully saturated rings. The summed E-state index contributed by atoms with van der Waals surface area (Å²) < 4.78 is 40.5. The van der Waals surface area contributed by atoms with E-state index in [1.165, 1.54) is 18.2 Å². The third kappa shape index (κ3) is 4.24. The molecule has 19 heavy (non-hydrogen) atoms. The van der Waals surface area contributed by atoms with Crippen LogP contribution < -0.4 is 10.5 Å². The quantitative estimate of drug-likeness (QED) is 0.800. The first-order valence-corrected chi connectivity index (χ1v) is 7.40. The lowest BCUT2D eigenvalue weighted by molar-refractivity contribution is 0.370. The number of likely N-dealkylation sites (N-methyl/N-ethyl adjacent to an activating group) is 1. The molecule has 0 aliphatic carbocycles. The molecule has 1 aromatic carbocycles. The largest absolute Gasteiger partial charge is 0.326 e. The van der Waals surface area contributed by atoms with E-state index in [-0.39, 0.29) is 23.0 Å². The van der Waals surface area contributed by atoms with Crippen LogP contribution >= 0.6 is 0 Å². The Bertz CT molecular complexity index is 532. The Morgan fingerprint density at radius 3 is 2.58 bits per heavy atom. The molecule has 1 atom stereocenters. The van der Waals surface area contributed by atoms with Crippen LogP contribution in [0, 0.1) is 5.82 Å². The number of nitrogens with zero attached hydrogens (tertiary/aromatic N) is 1. The maximum absolute atomic E-state index is 13.5. The fourth-order valence-corrected chi connectivity index (χ4v) is 3.40. The highest BCUT2D eigenvalue weighted by Crippen LogP contribution is 2.18. The van der Waals surface area contributed by atoms with Gasteiger partial charge in [0.05, 0.1) is 4.90 Å². The number of nitrogens with two attached hydrogens (primary N) is 1. The van der Waals surface area contributed by atoms with E-state index in [1.807, 2.05) is 19.0 Å². The number of hydrogen-bond acceptors (Lipinski definition) is 4. The standard InChI is InChI=1S/C12H20FN3O2S/c1-9(8-16(2)3)15-19(17,18)12-6-4-5-11(13)10(12)7-14/h4-6,9,15H,7-8,14H2,1-3H3.